The van der Waals surface area contributed by atoms with Crippen molar-refractivity contribution >= 4 is 34.8 Å². The van der Waals surface area contributed by atoms with Crippen LogP contribution in [0, 0.1) is 6.92 Å². The second-order valence-electron chi connectivity index (χ2n) is 9.82. The summed E-state index contributed by atoms with van der Waals surface area (Å²) in [7, 11) is 4.47. The Morgan fingerprint density at radius 3 is 2.34 bits per heavy atom. The summed E-state index contributed by atoms with van der Waals surface area (Å²) in [6.45, 7) is 3.71. The van der Waals surface area contributed by atoms with Gasteiger partial charge in [-0.2, -0.15) is 4.98 Å². The summed E-state index contributed by atoms with van der Waals surface area (Å²) in [6, 6.07) is 15.5. The van der Waals surface area contributed by atoms with Crippen LogP contribution in [0.5, 0.6) is 0 Å². The van der Waals surface area contributed by atoms with E-state index in [2.05, 4.69) is 15.6 Å². The van der Waals surface area contributed by atoms with E-state index in [-0.39, 0.29) is 35.8 Å². The van der Waals surface area contributed by atoms with Gasteiger partial charge < -0.3 is 15.4 Å². The van der Waals surface area contributed by atoms with Gasteiger partial charge in [0.1, 0.15) is 0 Å². The molecule has 2 aromatic carbocycles. The molecule has 2 N–H and O–H groups in total. The first-order valence-corrected chi connectivity index (χ1v) is 13.1. The van der Waals surface area contributed by atoms with Crippen LogP contribution in [-0.4, -0.2) is 49.2 Å². The molecule has 0 fully saturated rings. The highest BCUT2D eigenvalue weighted by Gasteiger charge is 2.37. The third kappa shape index (κ3) is 4.88. The molecule has 0 unspecified atom stereocenters. The molecule has 2 aromatic heterocycles. The van der Waals surface area contributed by atoms with E-state index < -0.39 is 29.3 Å². The molecule has 4 aromatic rings. The van der Waals surface area contributed by atoms with Gasteiger partial charge in [-0.15, -0.1) is 0 Å². The minimum atomic E-state index is -0.788. The number of carbonyl (C=O) groups excluding carboxylic acids is 2. The minimum Gasteiger partial charge on any atom is -0.463 e. The van der Waals surface area contributed by atoms with Crippen LogP contribution in [0.4, 0.5) is 16.4 Å². The standard InChI is InChI=1S/C29H31N7O5/c1-6-41-26(38)21-20(33(3)28(39)31-22(21)18-10-8-7-9-11-18)16-36-23-24(34(4)29(40)35(5)25(23)37)32-27(36)30-19-14-12-17(2)13-15-19/h7-15,22H,6,16H2,1-5H3,(H,30,32)(H,31,39)/t22-/m0/s1. The molecular formula is C29H31N7O5. The maximum absolute atomic E-state index is 13.5. The molecule has 5 rings (SSSR count). The number of anilines is 2. The fourth-order valence-electron chi connectivity index (χ4n) is 4.91. The van der Waals surface area contributed by atoms with Crippen LogP contribution in [0.1, 0.15) is 24.1 Å². The van der Waals surface area contributed by atoms with Gasteiger partial charge in [-0.05, 0) is 31.5 Å². The highest BCUT2D eigenvalue weighted by atomic mass is 16.5. The van der Waals surface area contributed by atoms with E-state index in [1.807, 2.05) is 61.5 Å². The summed E-state index contributed by atoms with van der Waals surface area (Å²) in [5, 5.41) is 6.13. The highest BCUT2D eigenvalue weighted by Crippen LogP contribution is 2.33. The Balaban J connectivity index is 1.77. The molecule has 1 atom stereocenters. The maximum Gasteiger partial charge on any atom is 0.338 e. The number of rotatable bonds is 7. The second kappa shape index (κ2) is 10.8. The maximum atomic E-state index is 13.5. The summed E-state index contributed by atoms with van der Waals surface area (Å²) >= 11 is 0. The molecule has 41 heavy (non-hydrogen) atoms. The molecule has 1 aliphatic heterocycles. The number of urea groups is 1. The Kier molecular flexibility index (Phi) is 7.22. The van der Waals surface area contributed by atoms with Gasteiger partial charge in [0.15, 0.2) is 11.2 Å². The SMILES string of the molecule is CCOC(=O)C1=C(Cn2c(Nc3ccc(C)cc3)nc3c2c(=O)n(C)c(=O)n3C)N(C)C(=O)N[C@H]1c1ccccc1. The number of benzene rings is 2. The molecule has 12 heteroatoms. The largest absolute Gasteiger partial charge is 0.463 e. The van der Waals surface area contributed by atoms with Crippen molar-refractivity contribution in [2.45, 2.75) is 26.4 Å². The van der Waals surface area contributed by atoms with Crippen LogP contribution in [0.2, 0.25) is 0 Å². The van der Waals surface area contributed by atoms with Gasteiger partial charge in [0.25, 0.3) is 5.56 Å². The number of esters is 1. The van der Waals surface area contributed by atoms with Gasteiger partial charge in [-0.1, -0.05) is 48.0 Å². The van der Waals surface area contributed by atoms with Gasteiger partial charge in [0.05, 0.1) is 30.5 Å². The zero-order valence-electron chi connectivity index (χ0n) is 23.5. The lowest BCUT2D eigenvalue weighted by Crippen LogP contribution is -2.47. The number of carbonyl (C=O) groups is 2. The summed E-state index contributed by atoms with van der Waals surface area (Å²) in [5.74, 6) is -0.338. The molecule has 0 spiro atoms. The van der Waals surface area contributed by atoms with E-state index in [4.69, 9.17) is 4.74 Å². The lowest BCUT2D eigenvalue weighted by Gasteiger charge is -2.35. The molecule has 0 aliphatic carbocycles. The minimum absolute atomic E-state index is 0.0977. The lowest BCUT2D eigenvalue weighted by molar-refractivity contribution is -0.139. The second-order valence-corrected chi connectivity index (χ2v) is 9.82. The number of nitrogens with zero attached hydrogens (tertiary/aromatic N) is 5. The van der Waals surface area contributed by atoms with E-state index in [0.717, 1.165) is 10.1 Å². The van der Waals surface area contributed by atoms with Crippen LogP contribution in [0.25, 0.3) is 11.2 Å². The number of hydrogen-bond acceptors (Lipinski definition) is 7. The Labute approximate surface area is 235 Å². The summed E-state index contributed by atoms with van der Waals surface area (Å²) in [6.07, 6.45) is 0. The Bertz CT molecular complexity index is 1800. The number of aromatic nitrogens is 4. The first kappa shape index (κ1) is 27.4. The first-order valence-electron chi connectivity index (χ1n) is 13.1. The number of fused-ring (bicyclic) bond motifs is 1. The van der Waals surface area contributed by atoms with Gasteiger partial charge in [-0.25, -0.2) is 14.4 Å². The van der Waals surface area contributed by atoms with Crippen LogP contribution < -0.4 is 21.9 Å². The van der Waals surface area contributed by atoms with E-state index >= 15 is 0 Å². The average Bonchev–Trinajstić information content (AvgIpc) is 3.32. The lowest BCUT2D eigenvalue weighted by atomic mass is 9.94. The predicted octanol–water partition coefficient (Wildman–Crippen LogP) is 2.70. The highest BCUT2D eigenvalue weighted by molar-refractivity contribution is 5.95. The van der Waals surface area contributed by atoms with Crippen LogP contribution in [0.3, 0.4) is 0 Å². The van der Waals surface area contributed by atoms with Crippen molar-refractivity contribution in [3.8, 4) is 0 Å². The number of amides is 2. The number of aryl methyl sites for hydroxylation is 2. The van der Waals surface area contributed by atoms with E-state index in [1.165, 1.54) is 23.6 Å². The third-order valence-corrected chi connectivity index (χ3v) is 7.17. The summed E-state index contributed by atoms with van der Waals surface area (Å²) in [4.78, 5) is 58.9. The summed E-state index contributed by atoms with van der Waals surface area (Å²) in [5.41, 5.74) is 2.21. The average molecular weight is 558 g/mol. The number of hydrogen-bond donors (Lipinski definition) is 2. The molecule has 0 saturated carbocycles. The van der Waals surface area contributed by atoms with Crippen molar-refractivity contribution in [3.63, 3.8) is 0 Å². The predicted molar refractivity (Wildman–Crippen MR) is 154 cm³/mol. The Hall–Kier alpha value is -5.13. The number of allylic oxidation sites excluding steroid dienone is 1. The van der Waals surface area contributed by atoms with Crippen LogP contribution in [-0.2, 0) is 30.2 Å². The molecule has 2 amide bonds. The fraction of sp³-hybridized carbons (Fsp3) is 0.276. The van der Waals surface area contributed by atoms with Crippen molar-refractivity contribution in [1.29, 1.82) is 0 Å². The number of likely N-dealkylation sites (N-methyl/N-ethyl adjacent to an activating group) is 1. The smallest absolute Gasteiger partial charge is 0.338 e. The van der Waals surface area contributed by atoms with Crippen LogP contribution in [0.15, 0.2) is 75.5 Å². The van der Waals surface area contributed by atoms with Crippen molar-refractivity contribution in [2.24, 2.45) is 14.1 Å². The van der Waals surface area contributed by atoms with E-state index in [1.54, 1.807) is 18.5 Å². The van der Waals surface area contributed by atoms with Crippen molar-refractivity contribution in [3.05, 3.63) is 97.8 Å². The fourth-order valence-corrected chi connectivity index (χ4v) is 4.91. The first-order chi connectivity index (χ1) is 19.6. The normalized spacial score (nSPS) is 15.3. The van der Waals surface area contributed by atoms with Crippen molar-refractivity contribution in [1.82, 2.24) is 28.9 Å². The molecule has 3 heterocycles. The quantitative estimate of drug-likeness (QED) is 0.334. The van der Waals surface area contributed by atoms with Gasteiger partial charge in [-0.3, -0.25) is 23.4 Å². The topological polar surface area (TPSA) is 132 Å². The molecule has 12 nitrogen and oxygen atoms in total. The Morgan fingerprint density at radius 2 is 1.68 bits per heavy atom. The molecule has 1 aliphatic rings. The zero-order chi connectivity index (χ0) is 29.4. The third-order valence-electron chi connectivity index (χ3n) is 7.17. The van der Waals surface area contributed by atoms with Gasteiger partial charge in [0.2, 0.25) is 5.95 Å². The number of ether oxygens (including phenoxy) is 1. The number of nitrogens with one attached hydrogen (secondary N) is 2. The number of imidazole rings is 1. The zero-order valence-corrected chi connectivity index (χ0v) is 23.5. The monoisotopic (exact) mass is 557 g/mol. The molecule has 0 bridgehead atoms. The molecule has 0 saturated heterocycles. The molecule has 0 radical (unpaired) electrons. The van der Waals surface area contributed by atoms with Gasteiger partial charge in [0, 0.05) is 26.8 Å². The molecular weight excluding hydrogens is 526 g/mol. The van der Waals surface area contributed by atoms with E-state index in [9.17, 15) is 19.2 Å². The molecule has 212 valence electrons. The van der Waals surface area contributed by atoms with Crippen LogP contribution >= 0.6 is 0 Å². The van der Waals surface area contributed by atoms with Gasteiger partial charge >= 0.3 is 17.7 Å². The van der Waals surface area contributed by atoms with E-state index in [0.29, 0.717) is 16.9 Å². The Morgan fingerprint density at radius 1 is 1.00 bits per heavy atom. The van der Waals surface area contributed by atoms with Crippen molar-refractivity contribution in [2.75, 3.05) is 19.0 Å². The summed E-state index contributed by atoms with van der Waals surface area (Å²) < 4.78 is 9.32. The van der Waals surface area contributed by atoms with Crippen molar-refractivity contribution < 1.29 is 14.3 Å².